The van der Waals surface area contributed by atoms with Crippen molar-refractivity contribution in [2.24, 2.45) is 0 Å². The molecule has 1 fully saturated rings. The minimum Gasteiger partial charge on any atom is -0.368 e. The lowest BCUT2D eigenvalue weighted by molar-refractivity contribution is -0.130. The number of hydrogen-bond acceptors (Lipinski definition) is 3. The highest BCUT2D eigenvalue weighted by Gasteiger charge is 2.24. The van der Waals surface area contributed by atoms with E-state index in [0.29, 0.717) is 23.9 Å². The van der Waals surface area contributed by atoms with Crippen LogP contribution in [0, 0.1) is 0 Å². The lowest BCUT2D eigenvalue weighted by atomic mass is 10.1. The first-order valence-corrected chi connectivity index (χ1v) is 9.70. The van der Waals surface area contributed by atoms with Gasteiger partial charge < -0.3 is 20.7 Å². The van der Waals surface area contributed by atoms with Gasteiger partial charge >= 0.3 is 6.03 Å². The molecule has 148 valence electrons. The number of hydrogen-bond donors (Lipinski definition) is 3. The van der Waals surface area contributed by atoms with Gasteiger partial charge in [-0.3, -0.25) is 4.79 Å². The van der Waals surface area contributed by atoms with Crippen molar-refractivity contribution < 1.29 is 14.3 Å². The van der Waals surface area contributed by atoms with E-state index in [1.165, 1.54) is 0 Å². The molecule has 0 spiro atoms. The van der Waals surface area contributed by atoms with E-state index in [2.05, 4.69) is 16.0 Å². The van der Waals surface area contributed by atoms with Crippen LogP contribution in [0.2, 0.25) is 5.02 Å². The Balaban J connectivity index is 1.47. The maximum Gasteiger partial charge on any atom is 0.319 e. The van der Waals surface area contributed by atoms with Gasteiger partial charge in [0.15, 0.2) is 0 Å². The Morgan fingerprint density at radius 2 is 1.86 bits per heavy atom. The monoisotopic (exact) mass is 401 g/mol. The molecular formula is C21H24ClN3O3. The largest absolute Gasteiger partial charge is 0.368 e. The molecule has 0 saturated carbocycles. The fourth-order valence-corrected chi connectivity index (χ4v) is 3.12. The molecule has 0 radical (unpaired) electrons. The van der Waals surface area contributed by atoms with E-state index >= 15 is 0 Å². The number of rotatable bonds is 6. The molecular weight excluding hydrogens is 378 g/mol. The van der Waals surface area contributed by atoms with Crippen molar-refractivity contribution in [2.45, 2.75) is 38.5 Å². The number of halogens is 1. The number of urea groups is 1. The molecule has 28 heavy (non-hydrogen) atoms. The lowest BCUT2D eigenvalue weighted by Crippen LogP contribution is -2.35. The highest BCUT2D eigenvalue weighted by molar-refractivity contribution is 6.30. The Morgan fingerprint density at radius 1 is 1.14 bits per heavy atom. The number of amides is 3. The molecule has 7 heteroatoms. The predicted molar refractivity (Wildman–Crippen MR) is 109 cm³/mol. The molecule has 1 aliphatic heterocycles. The Bertz CT molecular complexity index is 803. The van der Waals surface area contributed by atoms with Crippen LogP contribution in [0.1, 0.15) is 36.9 Å². The number of carbonyl (C=O) groups is 2. The smallest absolute Gasteiger partial charge is 0.319 e. The van der Waals surface area contributed by atoms with E-state index in [1.807, 2.05) is 43.3 Å². The Labute approximate surface area is 169 Å². The summed E-state index contributed by atoms with van der Waals surface area (Å²) in [6.07, 6.45) is 1.35. The zero-order chi connectivity index (χ0) is 19.9. The average Bonchev–Trinajstić information content (AvgIpc) is 3.23. The van der Waals surface area contributed by atoms with Crippen molar-refractivity contribution in [3.05, 3.63) is 64.7 Å². The summed E-state index contributed by atoms with van der Waals surface area (Å²) in [7, 11) is 0. The van der Waals surface area contributed by atoms with Crippen LogP contribution in [0.25, 0.3) is 0 Å². The Kier molecular flexibility index (Phi) is 6.90. The molecule has 1 heterocycles. The summed E-state index contributed by atoms with van der Waals surface area (Å²) in [5, 5.41) is 9.22. The van der Waals surface area contributed by atoms with Crippen molar-refractivity contribution in [2.75, 3.05) is 11.9 Å². The fraction of sp³-hybridized carbons (Fsp3) is 0.333. The Morgan fingerprint density at radius 3 is 2.50 bits per heavy atom. The number of carbonyl (C=O) groups excluding carboxylic acids is 2. The summed E-state index contributed by atoms with van der Waals surface area (Å²) in [6.45, 7) is 2.98. The highest BCUT2D eigenvalue weighted by Crippen LogP contribution is 2.18. The molecule has 3 amide bonds. The summed E-state index contributed by atoms with van der Waals surface area (Å²) in [5.41, 5.74) is 2.60. The molecule has 1 saturated heterocycles. The molecule has 0 aromatic heterocycles. The summed E-state index contributed by atoms with van der Waals surface area (Å²) in [5.74, 6) is -0.0752. The molecule has 0 unspecified atom stereocenters. The number of nitrogens with one attached hydrogen (secondary N) is 3. The van der Waals surface area contributed by atoms with Crippen LogP contribution in [-0.4, -0.2) is 24.6 Å². The number of benzene rings is 2. The first-order chi connectivity index (χ1) is 13.5. The quantitative estimate of drug-likeness (QED) is 0.684. The average molecular weight is 402 g/mol. The number of ether oxygens (including phenoxy) is 1. The summed E-state index contributed by atoms with van der Waals surface area (Å²) >= 11 is 5.85. The molecule has 2 atom stereocenters. The second kappa shape index (κ2) is 9.57. The van der Waals surface area contributed by atoms with Gasteiger partial charge in [0.05, 0.1) is 6.04 Å². The van der Waals surface area contributed by atoms with E-state index in [1.54, 1.807) is 12.1 Å². The Hall–Kier alpha value is -2.57. The summed E-state index contributed by atoms with van der Waals surface area (Å²) < 4.78 is 5.40. The van der Waals surface area contributed by atoms with Crippen LogP contribution < -0.4 is 16.0 Å². The highest BCUT2D eigenvalue weighted by atomic mass is 35.5. The van der Waals surface area contributed by atoms with Gasteiger partial charge in [0.1, 0.15) is 6.10 Å². The van der Waals surface area contributed by atoms with E-state index in [0.717, 1.165) is 24.0 Å². The number of anilines is 1. The normalized spacial score (nSPS) is 17.0. The van der Waals surface area contributed by atoms with Crippen molar-refractivity contribution >= 4 is 29.2 Å². The molecule has 0 aliphatic carbocycles. The third-order valence-corrected chi connectivity index (χ3v) is 4.87. The van der Waals surface area contributed by atoms with Crippen LogP contribution in [-0.2, 0) is 16.1 Å². The van der Waals surface area contributed by atoms with Gasteiger partial charge in [0.25, 0.3) is 0 Å². The third kappa shape index (κ3) is 5.71. The first kappa shape index (κ1) is 20.2. The van der Waals surface area contributed by atoms with Crippen molar-refractivity contribution in [3.8, 4) is 0 Å². The molecule has 2 aromatic rings. The van der Waals surface area contributed by atoms with E-state index in [-0.39, 0.29) is 24.1 Å². The minimum atomic E-state index is -0.340. The van der Waals surface area contributed by atoms with Crippen molar-refractivity contribution in [1.82, 2.24) is 10.6 Å². The lowest BCUT2D eigenvalue weighted by Gasteiger charge is -2.17. The molecule has 2 aromatic carbocycles. The zero-order valence-electron chi connectivity index (χ0n) is 15.7. The minimum absolute atomic E-state index is 0.0752. The summed E-state index contributed by atoms with van der Waals surface area (Å²) in [6, 6.07) is 14.3. The molecule has 1 aliphatic rings. The maximum absolute atomic E-state index is 12.1. The van der Waals surface area contributed by atoms with Gasteiger partial charge in [0.2, 0.25) is 5.91 Å². The molecule has 0 bridgehead atoms. The van der Waals surface area contributed by atoms with Gasteiger partial charge in [-0.2, -0.15) is 0 Å². The standard InChI is InChI=1S/C21H24ClN3O3/c1-14(24-20(26)19-3-2-12-28-19)16-6-10-18(11-7-16)25-21(27)23-13-15-4-8-17(22)9-5-15/h4-11,14,19H,2-3,12-13H2,1H3,(H,24,26)(H2,23,25,27)/t14-,19+/m0/s1. The van der Waals surface area contributed by atoms with Crippen molar-refractivity contribution in [1.29, 1.82) is 0 Å². The van der Waals surface area contributed by atoms with E-state index < -0.39 is 0 Å². The van der Waals surface area contributed by atoms with Gasteiger partial charge in [0, 0.05) is 23.9 Å². The summed E-state index contributed by atoms with van der Waals surface area (Å²) in [4.78, 5) is 24.2. The first-order valence-electron chi connectivity index (χ1n) is 9.32. The van der Waals surface area contributed by atoms with Gasteiger partial charge in [-0.05, 0) is 55.2 Å². The van der Waals surface area contributed by atoms with Gasteiger partial charge in [-0.1, -0.05) is 35.9 Å². The van der Waals surface area contributed by atoms with Gasteiger partial charge in [-0.25, -0.2) is 4.79 Å². The molecule has 3 N–H and O–H groups in total. The van der Waals surface area contributed by atoms with Crippen molar-refractivity contribution in [3.63, 3.8) is 0 Å². The van der Waals surface area contributed by atoms with Crippen LogP contribution in [0.3, 0.4) is 0 Å². The zero-order valence-corrected chi connectivity index (χ0v) is 16.5. The molecule has 6 nitrogen and oxygen atoms in total. The van der Waals surface area contributed by atoms with Crippen LogP contribution in [0.15, 0.2) is 48.5 Å². The van der Waals surface area contributed by atoms with Crippen LogP contribution >= 0.6 is 11.6 Å². The predicted octanol–water partition coefficient (Wildman–Crippen LogP) is 4.02. The van der Waals surface area contributed by atoms with E-state index in [9.17, 15) is 9.59 Å². The topological polar surface area (TPSA) is 79.5 Å². The van der Waals surface area contributed by atoms with Crippen LogP contribution in [0.5, 0.6) is 0 Å². The van der Waals surface area contributed by atoms with Gasteiger partial charge in [-0.15, -0.1) is 0 Å². The fourth-order valence-electron chi connectivity index (χ4n) is 2.99. The van der Waals surface area contributed by atoms with E-state index in [4.69, 9.17) is 16.3 Å². The second-order valence-electron chi connectivity index (χ2n) is 6.79. The second-order valence-corrected chi connectivity index (χ2v) is 7.22. The SMILES string of the molecule is C[C@H](NC(=O)[C@H]1CCCO1)c1ccc(NC(=O)NCc2ccc(Cl)cc2)cc1. The third-order valence-electron chi connectivity index (χ3n) is 4.62. The molecule has 3 rings (SSSR count). The maximum atomic E-state index is 12.1. The van der Waals surface area contributed by atoms with Crippen LogP contribution in [0.4, 0.5) is 10.5 Å².